The van der Waals surface area contributed by atoms with Crippen molar-refractivity contribution < 1.29 is 8.42 Å². The smallest absolute Gasteiger partial charge is 0.216 e. The quantitative estimate of drug-likeness (QED) is 0.492. The van der Waals surface area contributed by atoms with Crippen molar-refractivity contribution in [3.8, 4) is 6.07 Å². The fourth-order valence-electron chi connectivity index (χ4n) is 2.35. The third-order valence-corrected chi connectivity index (χ3v) is 5.80. The number of nitrogens with zero attached hydrogens (tertiary/aromatic N) is 3. The zero-order valence-electron chi connectivity index (χ0n) is 13.5. The molecule has 7 heteroatoms. The summed E-state index contributed by atoms with van der Waals surface area (Å²) in [5.74, 6) is 0. The number of hydrogen-bond donors (Lipinski definition) is 0. The molecule has 1 atom stereocenters. The minimum Gasteiger partial charge on any atom is -0.250 e. The van der Waals surface area contributed by atoms with Crippen molar-refractivity contribution in [2.45, 2.75) is 10.4 Å². The van der Waals surface area contributed by atoms with Gasteiger partial charge in [0.25, 0.3) is 0 Å². The average Bonchev–Trinajstić information content (AvgIpc) is 3.15. The molecule has 0 saturated carbocycles. The van der Waals surface area contributed by atoms with E-state index < -0.39 is 15.3 Å². The van der Waals surface area contributed by atoms with Crippen LogP contribution in [0.25, 0.3) is 6.08 Å². The predicted molar refractivity (Wildman–Crippen MR) is 99.9 cm³/mol. The molecule has 0 spiro atoms. The maximum absolute atomic E-state index is 12.6. The number of rotatable bonds is 5. The monoisotopic (exact) mass is 383 g/mol. The topological polar surface area (TPSA) is 75.8 Å². The molecule has 5 nitrogen and oxygen atoms in total. The summed E-state index contributed by atoms with van der Waals surface area (Å²) in [6.07, 6.45) is 2.88. The van der Waals surface area contributed by atoms with Gasteiger partial charge >= 0.3 is 0 Å². The van der Waals surface area contributed by atoms with Crippen LogP contribution in [0.5, 0.6) is 0 Å². The third-order valence-electron chi connectivity index (χ3n) is 3.67. The normalized spacial score (nSPS) is 13.2. The van der Waals surface area contributed by atoms with E-state index in [4.69, 9.17) is 11.6 Å². The Morgan fingerprint density at radius 2 is 1.69 bits per heavy atom. The van der Waals surface area contributed by atoms with E-state index in [0.717, 1.165) is 5.56 Å². The molecule has 0 amide bonds. The number of sulfone groups is 1. The van der Waals surface area contributed by atoms with Gasteiger partial charge in [0.2, 0.25) is 9.84 Å². The van der Waals surface area contributed by atoms with Crippen LogP contribution in [0.3, 0.4) is 0 Å². The maximum Gasteiger partial charge on any atom is 0.216 e. The molecule has 0 bridgehead atoms. The minimum atomic E-state index is -3.89. The van der Waals surface area contributed by atoms with Gasteiger partial charge in [-0.05, 0) is 29.8 Å². The van der Waals surface area contributed by atoms with Crippen molar-refractivity contribution in [3.63, 3.8) is 0 Å². The summed E-state index contributed by atoms with van der Waals surface area (Å²) in [5.41, 5.74) is 0.655. The van der Waals surface area contributed by atoms with Gasteiger partial charge in [0.05, 0.1) is 10.6 Å². The SMILES string of the molecule is N#C/C(=C\c1ccn(C(Cl)c2ccccc2)n1)S(=O)(=O)c1ccccc1. The Morgan fingerprint density at radius 1 is 1.08 bits per heavy atom. The van der Waals surface area contributed by atoms with Crippen LogP contribution in [0.4, 0.5) is 0 Å². The summed E-state index contributed by atoms with van der Waals surface area (Å²) in [6.45, 7) is 0. The van der Waals surface area contributed by atoms with Crippen LogP contribution in [0.1, 0.15) is 16.8 Å². The second-order valence-electron chi connectivity index (χ2n) is 5.40. The second kappa shape index (κ2) is 7.56. The molecule has 3 rings (SSSR count). The first-order valence-electron chi connectivity index (χ1n) is 7.68. The van der Waals surface area contributed by atoms with Gasteiger partial charge in [-0.2, -0.15) is 10.4 Å². The van der Waals surface area contributed by atoms with E-state index in [0.29, 0.717) is 5.69 Å². The van der Waals surface area contributed by atoms with Gasteiger partial charge in [-0.1, -0.05) is 60.1 Å². The van der Waals surface area contributed by atoms with E-state index >= 15 is 0 Å². The lowest BCUT2D eigenvalue weighted by Crippen LogP contribution is -2.05. The Kier molecular flexibility index (Phi) is 5.21. The van der Waals surface area contributed by atoms with E-state index in [1.807, 2.05) is 30.3 Å². The van der Waals surface area contributed by atoms with Crippen molar-refractivity contribution in [1.82, 2.24) is 9.78 Å². The van der Waals surface area contributed by atoms with Gasteiger partial charge < -0.3 is 0 Å². The molecule has 1 unspecified atom stereocenters. The van der Waals surface area contributed by atoms with E-state index in [1.54, 1.807) is 36.5 Å². The van der Waals surface area contributed by atoms with Crippen LogP contribution in [-0.2, 0) is 9.84 Å². The molecule has 0 fully saturated rings. The van der Waals surface area contributed by atoms with Crippen LogP contribution in [0.2, 0.25) is 0 Å². The molecule has 3 aromatic rings. The molecule has 2 aromatic carbocycles. The van der Waals surface area contributed by atoms with Gasteiger partial charge in [-0.25, -0.2) is 13.1 Å². The Balaban J connectivity index is 1.92. The highest BCUT2D eigenvalue weighted by Crippen LogP contribution is 2.24. The Bertz CT molecular complexity index is 1070. The number of nitriles is 1. The van der Waals surface area contributed by atoms with Crippen LogP contribution < -0.4 is 0 Å². The van der Waals surface area contributed by atoms with Crippen LogP contribution in [0.15, 0.2) is 82.7 Å². The molecule has 0 aliphatic carbocycles. The van der Waals surface area contributed by atoms with Gasteiger partial charge in [0, 0.05) is 6.20 Å². The number of halogens is 1. The fourth-order valence-corrected chi connectivity index (χ4v) is 3.77. The van der Waals surface area contributed by atoms with E-state index in [-0.39, 0.29) is 9.80 Å². The number of allylic oxidation sites excluding steroid dienone is 1. The van der Waals surface area contributed by atoms with Crippen molar-refractivity contribution in [1.29, 1.82) is 5.26 Å². The van der Waals surface area contributed by atoms with E-state index in [9.17, 15) is 13.7 Å². The van der Waals surface area contributed by atoms with Gasteiger partial charge in [-0.3, -0.25) is 0 Å². The number of benzene rings is 2. The highest BCUT2D eigenvalue weighted by molar-refractivity contribution is 7.95. The molecular formula is C19H14ClN3O2S. The molecule has 0 aliphatic rings. The summed E-state index contributed by atoms with van der Waals surface area (Å²) in [6, 6.07) is 20.5. The first-order chi connectivity index (χ1) is 12.5. The van der Waals surface area contributed by atoms with Crippen molar-refractivity contribution in [2.75, 3.05) is 0 Å². The fraction of sp³-hybridized carbons (Fsp3) is 0.0526. The summed E-state index contributed by atoms with van der Waals surface area (Å²) in [5, 5.41) is 13.6. The predicted octanol–water partition coefficient (Wildman–Crippen LogP) is 4.01. The molecule has 0 N–H and O–H groups in total. The van der Waals surface area contributed by atoms with Crippen LogP contribution >= 0.6 is 11.6 Å². The van der Waals surface area contributed by atoms with Crippen molar-refractivity contribution >= 4 is 27.5 Å². The molecule has 26 heavy (non-hydrogen) atoms. The van der Waals surface area contributed by atoms with Crippen molar-refractivity contribution in [2.24, 2.45) is 0 Å². The molecule has 1 heterocycles. The summed E-state index contributed by atoms with van der Waals surface area (Å²) < 4.78 is 26.7. The molecule has 1 aromatic heterocycles. The molecule has 0 saturated heterocycles. The average molecular weight is 384 g/mol. The Labute approximate surface area is 156 Å². The number of aromatic nitrogens is 2. The van der Waals surface area contributed by atoms with E-state index in [2.05, 4.69) is 5.10 Å². The first kappa shape index (κ1) is 17.9. The highest BCUT2D eigenvalue weighted by Gasteiger charge is 2.21. The molecule has 0 radical (unpaired) electrons. The first-order valence-corrected chi connectivity index (χ1v) is 9.60. The summed E-state index contributed by atoms with van der Waals surface area (Å²) in [4.78, 5) is -0.313. The molecular weight excluding hydrogens is 370 g/mol. The zero-order valence-corrected chi connectivity index (χ0v) is 15.1. The Morgan fingerprint density at radius 3 is 2.31 bits per heavy atom. The number of alkyl halides is 1. The summed E-state index contributed by atoms with van der Waals surface area (Å²) >= 11 is 6.40. The lowest BCUT2D eigenvalue weighted by Gasteiger charge is -2.09. The molecule has 130 valence electrons. The van der Waals surface area contributed by atoms with Crippen LogP contribution in [-0.4, -0.2) is 18.2 Å². The molecule has 0 aliphatic heterocycles. The zero-order chi connectivity index (χ0) is 18.6. The highest BCUT2D eigenvalue weighted by atomic mass is 35.5. The van der Waals surface area contributed by atoms with Gasteiger partial charge in [0.15, 0.2) is 10.4 Å². The minimum absolute atomic E-state index is 0.0618. The number of hydrogen-bond acceptors (Lipinski definition) is 4. The van der Waals surface area contributed by atoms with Crippen LogP contribution in [0, 0.1) is 11.3 Å². The lowest BCUT2D eigenvalue weighted by atomic mass is 10.2. The Hall–Kier alpha value is -2.88. The standard InChI is InChI=1S/C19H14ClN3O2S/c20-19(15-7-3-1-4-8-15)23-12-11-16(22-23)13-18(14-21)26(24,25)17-9-5-2-6-10-17/h1-13,19H/b18-13+. The van der Waals surface area contributed by atoms with Gasteiger partial charge in [0.1, 0.15) is 6.07 Å². The lowest BCUT2D eigenvalue weighted by molar-refractivity contribution is 0.603. The maximum atomic E-state index is 12.6. The third kappa shape index (κ3) is 3.69. The van der Waals surface area contributed by atoms with Crippen molar-refractivity contribution in [3.05, 3.63) is 89.1 Å². The van der Waals surface area contributed by atoms with Gasteiger partial charge in [-0.15, -0.1) is 0 Å². The largest absolute Gasteiger partial charge is 0.250 e. The van der Waals surface area contributed by atoms with E-state index in [1.165, 1.54) is 22.9 Å². The summed E-state index contributed by atoms with van der Waals surface area (Å²) in [7, 11) is -3.89. The second-order valence-corrected chi connectivity index (χ2v) is 7.74.